The molecule has 176 valence electrons. The summed E-state index contributed by atoms with van der Waals surface area (Å²) in [6, 6.07) is 16.4. The van der Waals surface area contributed by atoms with E-state index in [2.05, 4.69) is 4.99 Å². The number of ether oxygens (including phenoxy) is 2. The van der Waals surface area contributed by atoms with Crippen LogP contribution in [0.1, 0.15) is 21.6 Å². The number of amides is 1. The number of nitrogens with zero attached hydrogens (tertiary/aromatic N) is 3. The summed E-state index contributed by atoms with van der Waals surface area (Å²) in [5, 5.41) is 0. The Morgan fingerprint density at radius 2 is 1.79 bits per heavy atom. The van der Waals surface area contributed by atoms with Crippen LogP contribution >= 0.6 is 0 Å². The number of aromatic nitrogens is 1. The fourth-order valence-electron chi connectivity index (χ4n) is 4.17. The van der Waals surface area contributed by atoms with Gasteiger partial charge in [0.15, 0.2) is 11.5 Å². The number of esters is 1. The number of likely N-dealkylation sites (N-methyl/N-ethyl adjacent to an activating group) is 1. The van der Waals surface area contributed by atoms with Gasteiger partial charge in [-0.1, -0.05) is 30.3 Å². The highest BCUT2D eigenvalue weighted by molar-refractivity contribution is 6.09. The predicted octanol–water partition coefficient (Wildman–Crippen LogP) is 2.95. The number of carbonyl (C=O) groups excluding carboxylic acids is 2. The van der Waals surface area contributed by atoms with Gasteiger partial charge in [-0.3, -0.25) is 9.69 Å². The van der Waals surface area contributed by atoms with Crippen LogP contribution in [0.15, 0.2) is 65.8 Å². The normalized spacial score (nSPS) is 17.6. The van der Waals surface area contributed by atoms with Gasteiger partial charge in [-0.25, -0.2) is 14.2 Å². The molecule has 34 heavy (non-hydrogen) atoms. The van der Waals surface area contributed by atoms with Crippen LogP contribution in [-0.2, 0) is 21.6 Å². The number of guanidine groups is 1. The lowest BCUT2D eigenvalue weighted by Gasteiger charge is -2.25. The molecule has 1 atom stereocenters. The standard InChI is InChI=1S/C25H25FN4O4/c1-29-23(32)25(28-24(29)27,19-14-21(22(31)34-3)30(15-19)11-10-26)18-8-4-6-16(12-18)17-7-5-9-20(13-17)33-2/h4-9,12-15H,10-11H2,1-3H3,(H2,27,28). The number of hydrogen-bond acceptors (Lipinski definition) is 6. The van der Waals surface area contributed by atoms with Gasteiger partial charge < -0.3 is 19.8 Å². The summed E-state index contributed by atoms with van der Waals surface area (Å²) in [7, 11) is 4.37. The fraction of sp³-hybridized carbons (Fsp3) is 0.240. The zero-order chi connectivity index (χ0) is 24.5. The van der Waals surface area contributed by atoms with Crippen molar-refractivity contribution in [1.29, 1.82) is 0 Å². The smallest absolute Gasteiger partial charge is 0.354 e. The predicted molar refractivity (Wildman–Crippen MR) is 125 cm³/mol. The highest BCUT2D eigenvalue weighted by Gasteiger charge is 2.50. The molecule has 2 heterocycles. The third-order valence-corrected chi connectivity index (χ3v) is 5.96. The second-order valence-electron chi connectivity index (χ2n) is 7.85. The molecule has 0 fully saturated rings. The van der Waals surface area contributed by atoms with Gasteiger partial charge in [0.05, 0.1) is 20.8 Å². The van der Waals surface area contributed by atoms with Crippen molar-refractivity contribution in [1.82, 2.24) is 9.47 Å². The fourth-order valence-corrected chi connectivity index (χ4v) is 4.17. The van der Waals surface area contributed by atoms with Crippen LogP contribution in [0, 0.1) is 0 Å². The third-order valence-electron chi connectivity index (χ3n) is 5.96. The van der Waals surface area contributed by atoms with Crippen LogP contribution in [0.5, 0.6) is 5.75 Å². The van der Waals surface area contributed by atoms with Gasteiger partial charge in [-0.15, -0.1) is 0 Å². The Balaban J connectivity index is 1.93. The van der Waals surface area contributed by atoms with E-state index in [1.165, 1.54) is 29.7 Å². The zero-order valence-corrected chi connectivity index (χ0v) is 19.1. The van der Waals surface area contributed by atoms with Crippen LogP contribution < -0.4 is 10.5 Å². The van der Waals surface area contributed by atoms with Crippen LogP contribution in [0.4, 0.5) is 4.39 Å². The molecule has 0 saturated carbocycles. The van der Waals surface area contributed by atoms with Crippen molar-refractivity contribution in [2.24, 2.45) is 10.7 Å². The van der Waals surface area contributed by atoms with Crippen LogP contribution in [0.3, 0.4) is 0 Å². The van der Waals surface area contributed by atoms with E-state index in [-0.39, 0.29) is 24.1 Å². The monoisotopic (exact) mass is 464 g/mol. The molecule has 4 rings (SSSR count). The number of benzene rings is 2. The largest absolute Gasteiger partial charge is 0.497 e. The number of aliphatic imine (C=N–C) groups is 1. The number of carbonyl (C=O) groups is 2. The summed E-state index contributed by atoms with van der Waals surface area (Å²) in [4.78, 5) is 31.8. The maximum atomic E-state index is 13.6. The lowest BCUT2D eigenvalue weighted by Crippen LogP contribution is -2.41. The second-order valence-corrected chi connectivity index (χ2v) is 7.85. The molecular weight excluding hydrogens is 439 g/mol. The summed E-state index contributed by atoms with van der Waals surface area (Å²) >= 11 is 0. The lowest BCUT2D eigenvalue weighted by atomic mass is 9.83. The van der Waals surface area contributed by atoms with E-state index in [4.69, 9.17) is 15.2 Å². The molecule has 0 radical (unpaired) electrons. The van der Waals surface area contributed by atoms with Crippen molar-refractivity contribution in [2.75, 3.05) is 27.9 Å². The number of aryl methyl sites for hydroxylation is 1. The van der Waals surface area contributed by atoms with E-state index in [0.29, 0.717) is 16.9 Å². The van der Waals surface area contributed by atoms with Gasteiger partial charge in [0, 0.05) is 18.8 Å². The van der Waals surface area contributed by atoms with Crippen LogP contribution in [0.2, 0.25) is 0 Å². The minimum Gasteiger partial charge on any atom is -0.497 e. The summed E-state index contributed by atoms with van der Waals surface area (Å²) in [6.07, 6.45) is 1.55. The Hall–Kier alpha value is -4.14. The quantitative estimate of drug-likeness (QED) is 0.542. The Morgan fingerprint density at radius 3 is 2.41 bits per heavy atom. The maximum Gasteiger partial charge on any atom is 0.354 e. The Bertz CT molecular complexity index is 1290. The van der Waals surface area contributed by atoms with Crippen molar-refractivity contribution in [2.45, 2.75) is 12.1 Å². The molecule has 3 aromatic rings. The molecule has 0 aliphatic carbocycles. The first-order valence-electron chi connectivity index (χ1n) is 10.6. The lowest BCUT2D eigenvalue weighted by molar-refractivity contribution is -0.129. The molecule has 0 saturated heterocycles. The van der Waals surface area contributed by atoms with Crippen molar-refractivity contribution >= 4 is 17.8 Å². The van der Waals surface area contributed by atoms with Crippen LogP contribution in [-0.4, -0.2) is 55.2 Å². The highest BCUT2D eigenvalue weighted by Crippen LogP contribution is 2.41. The topological polar surface area (TPSA) is 99.2 Å². The minimum atomic E-state index is -1.54. The molecular formula is C25H25FN4O4. The van der Waals surface area contributed by atoms with Gasteiger partial charge in [0.1, 0.15) is 18.1 Å². The molecule has 1 aliphatic rings. The van der Waals surface area contributed by atoms with Crippen molar-refractivity contribution in [3.05, 3.63) is 77.6 Å². The first kappa shape index (κ1) is 23.0. The summed E-state index contributed by atoms with van der Waals surface area (Å²) in [5.74, 6) is -0.297. The number of rotatable bonds is 7. The summed E-state index contributed by atoms with van der Waals surface area (Å²) in [6.45, 7) is -0.775. The average molecular weight is 464 g/mol. The van der Waals surface area contributed by atoms with E-state index in [1.54, 1.807) is 19.4 Å². The number of methoxy groups -OCH3 is 2. The molecule has 1 aromatic heterocycles. The Kier molecular flexibility index (Phi) is 6.10. The van der Waals surface area contributed by atoms with Crippen molar-refractivity contribution in [3.8, 4) is 16.9 Å². The number of alkyl halides is 1. The van der Waals surface area contributed by atoms with E-state index < -0.39 is 18.2 Å². The molecule has 0 bridgehead atoms. The number of halogens is 1. The Morgan fingerprint density at radius 1 is 1.09 bits per heavy atom. The van der Waals surface area contributed by atoms with Crippen molar-refractivity contribution in [3.63, 3.8) is 0 Å². The van der Waals surface area contributed by atoms with Crippen LogP contribution in [0.25, 0.3) is 11.1 Å². The third kappa shape index (κ3) is 3.68. The molecule has 2 aromatic carbocycles. The van der Waals surface area contributed by atoms with Gasteiger partial charge in [-0.2, -0.15) is 0 Å². The highest BCUT2D eigenvalue weighted by atomic mass is 19.1. The van der Waals surface area contributed by atoms with Gasteiger partial charge in [0.25, 0.3) is 5.91 Å². The molecule has 9 heteroatoms. The molecule has 0 spiro atoms. The van der Waals surface area contributed by atoms with E-state index >= 15 is 0 Å². The van der Waals surface area contributed by atoms with Gasteiger partial charge in [0.2, 0.25) is 0 Å². The first-order valence-corrected chi connectivity index (χ1v) is 10.6. The van der Waals surface area contributed by atoms with E-state index in [0.717, 1.165) is 11.1 Å². The summed E-state index contributed by atoms with van der Waals surface area (Å²) in [5.41, 5.74) is 7.32. The zero-order valence-electron chi connectivity index (χ0n) is 19.1. The second kappa shape index (κ2) is 9.01. The SMILES string of the molecule is COC(=O)c1cc(C2(c3cccc(-c4cccc(OC)c4)c3)N=C(N)N(C)C2=O)cn1CCF. The maximum absolute atomic E-state index is 13.6. The number of nitrogens with two attached hydrogens (primary N) is 1. The Labute approximate surface area is 196 Å². The average Bonchev–Trinajstić information content (AvgIpc) is 3.39. The van der Waals surface area contributed by atoms with Crippen molar-refractivity contribution < 1.29 is 23.5 Å². The number of hydrogen-bond donors (Lipinski definition) is 1. The summed E-state index contributed by atoms with van der Waals surface area (Å²) < 4.78 is 24.8. The molecule has 8 nitrogen and oxygen atoms in total. The first-order chi connectivity index (χ1) is 16.3. The molecule has 1 unspecified atom stereocenters. The molecule has 2 N–H and O–H groups in total. The van der Waals surface area contributed by atoms with Gasteiger partial charge >= 0.3 is 5.97 Å². The molecule has 1 amide bonds. The molecule has 1 aliphatic heterocycles. The van der Waals surface area contributed by atoms with Gasteiger partial charge in [-0.05, 0) is 41.0 Å². The minimum absolute atomic E-state index is 0.0367. The van der Waals surface area contributed by atoms with E-state index in [1.807, 2.05) is 42.5 Å². The van der Waals surface area contributed by atoms with E-state index in [9.17, 15) is 14.0 Å².